The molecular weight excluding hydrogens is 368 g/mol. The number of benzene rings is 2. The molecule has 0 radical (unpaired) electrons. The average molecular weight is 403 g/mol. The summed E-state index contributed by atoms with van der Waals surface area (Å²) < 4.78 is 0. The van der Waals surface area contributed by atoms with Gasteiger partial charge < -0.3 is 9.80 Å². The normalized spacial score (nSPS) is 10.8. The number of rotatable bonds is 12. The van der Waals surface area contributed by atoms with E-state index in [1.807, 2.05) is 24.3 Å². The van der Waals surface area contributed by atoms with E-state index in [2.05, 4.69) is 97.7 Å². The van der Waals surface area contributed by atoms with Crippen molar-refractivity contribution in [2.45, 2.75) is 13.1 Å². The summed E-state index contributed by atoms with van der Waals surface area (Å²) in [5.41, 5.74) is 2.44. The lowest BCUT2D eigenvalue weighted by Crippen LogP contribution is -2.53. The molecule has 0 aromatic heterocycles. The largest absolute Gasteiger partial charge is 0.364 e. The molecule has 0 spiro atoms. The lowest BCUT2D eigenvalue weighted by atomic mass is 10.2. The Balaban J connectivity index is 2.42. The molecule has 3 heteroatoms. The van der Waals surface area contributed by atoms with E-state index < -0.39 is 8.07 Å². The Morgan fingerprint density at radius 1 is 0.655 bits per heavy atom. The first-order valence-electron chi connectivity index (χ1n) is 10.1. The third-order valence-electron chi connectivity index (χ3n) is 5.26. The third-order valence-corrected chi connectivity index (χ3v) is 8.77. The minimum absolute atomic E-state index is 0.811. The van der Waals surface area contributed by atoms with Gasteiger partial charge in [0.05, 0.1) is 0 Å². The summed E-state index contributed by atoms with van der Waals surface area (Å²) in [5, 5.41) is 2.84. The van der Waals surface area contributed by atoms with Crippen LogP contribution in [0.3, 0.4) is 0 Å². The summed E-state index contributed by atoms with van der Waals surface area (Å²) in [4.78, 5) is 4.58. The van der Waals surface area contributed by atoms with Crippen molar-refractivity contribution in [2.24, 2.45) is 0 Å². The molecule has 0 heterocycles. The smallest absolute Gasteiger partial charge is 0.112 e. The highest BCUT2D eigenvalue weighted by molar-refractivity contribution is 7.00. The number of anilines is 2. The molecule has 2 aromatic rings. The van der Waals surface area contributed by atoms with E-state index in [0.717, 1.165) is 26.2 Å². The molecular formula is C26H34N2Si. The molecule has 152 valence electrons. The van der Waals surface area contributed by atoms with Gasteiger partial charge in [-0.25, -0.2) is 0 Å². The Kier molecular flexibility index (Phi) is 8.29. The van der Waals surface area contributed by atoms with Gasteiger partial charge in [-0.05, 0) is 24.3 Å². The first-order chi connectivity index (χ1) is 14.0. The predicted octanol–water partition coefficient (Wildman–Crippen LogP) is 4.87. The van der Waals surface area contributed by atoms with Crippen LogP contribution in [-0.4, -0.2) is 34.3 Å². The summed E-state index contributed by atoms with van der Waals surface area (Å²) in [6.45, 7) is 23.7. The number of hydrogen-bond acceptors (Lipinski definition) is 2. The lowest BCUT2D eigenvalue weighted by Gasteiger charge is -2.29. The van der Waals surface area contributed by atoms with Crippen molar-refractivity contribution in [1.82, 2.24) is 0 Å². The van der Waals surface area contributed by atoms with E-state index in [4.69, 9.17) is 0 Å². The fraction of sp³-hybridized carbons (Fsp3) is 0.231. The molecule has 0 saturated heterocycles. The van der Waals surface area contributed by atoms with Gasteiger partial charge in [0.25, 0.3) is 0 Å². The summed E-state index contributed by atoms with van der Waals surface area (Å²) in [7, 11) is -1.86. The van der Waals surface area contributed by atoms with Crippen LogP contribution in [0.25, 0.3) is 0 Å². The highest BCUT2D eigenvalue weighted by atomic mass is 28.3. The molecule has 2 rings (SSSR count). The molecule has 2 aromatic carbocycles. The quantitative estimate of drug-likeness (QED) is 0.369. The molecule has 0 aliphatic heterocycles. The summed E-state index contributed by atoms with van der Waals surface area (Å²) in [5.74, 6) is 0. The molecule has 29 heavy (non-hydrogen) atoms. The van der Waals surface area contributed by atoms with Crippen molar-refractivity contribution in [3.05, 3.63) is 99.2 Å². The molecule has 0 aliphatic rings. The maximum absolute atomic E-state index is 3.90. The summed E-state index contributed by atoms with van der Waals surface area (Å²) in [6.07, 6.45) is 7.76. The zero-order valence-corrected chi connectivity index (χ0v) is 19.0. The first-order valence-corrected chi connectivity index (χ1v) is 13.1. The van der Waals surface area contributed by atoms with Gasteiger partial charge in [0.1, 0.15) is 8.07 Å². The monoisotopic (exact) mass is 402 g/mol. The molecule has 0 fully saturated rings. The minimum atomic E-state index is -1.86. The predicted molar refractivity (Wildman–Crippen MR) is 135 cm³/mol. The molecule has 0 atom stereocenters. The van der Waals surface area contributed by atoms with Gasteiger partial charge in [0.2, 0.25) is 0 Å². The first kappa shape index (κ1) is 22.5. The topological polar surface area (TPSA) is 6.48 Å². The second kappa shape index (κ2) is 10.7. The molecule has 2 nitrogen and oxygen atoms in total. The maximum Gasteiger partial charge on any atom is 0.112 e. The van der Waals surface area contributed by atoms with Crippen molar-refractivity contribution in [2.75, 3.05) is 36.0 Å². The van der Waals surface area contributed by atoms with Crippen LogP contribution in [0.5, 0.6) is 0 Å². The highest BCUT2D eigenvalue weighted by Gasteiger charge is 2.27. The fourth-order valence-electron chi connectivity index (χ4n) is 3.54. The van der Waals surface area contributed by atoms with Gasteiger partial charge in [-0.3, -0.25) is 0 Å². The minimum Gasteiger partial charge on any atom is -0.364 e. The van der Waals surface area contributed by atoms with E-state index in [1.54, 1.807) is 0 Å². The van der Waals surface area contributed by atoms with Crippen LogP contribution in [0.4, 0.5) is 11.4 Å². The fourth-order valence-corrected chi connectivity index (χ4v) is 5.92. The zero-order valence-electron chi connectivity index (χ0n) is 18.0. The van der Waals surface area contributed by atoms with Crippen LogP contribution < -0.4 is 20.2 Å². The molecule has 0 N–H and O–H groups in total. The van der Waals surface area contributed by atoms with Crippen molar-refractivity contribution in [1.29, 1.82) is 0 Å². The van der Waals surface area contributed by atoms with Crippen LogP contribution in [0.1, 0.15) is 0 Å². The van der Waals surface area contributed by atoms with E-state index >= 15 is 0 Å². The van der Waals surface area contributed by atoms with Crippen molar-refractivity contribution < 1.29 is 0 Å². The molecule has 0 aliphatic carbocycles. The summed E-state index contributed by atoms with van der Waals surface area (Å²) in [6, 6.07) is 17.9. The van der Waals surface area contributed by atoms with E-state index in [0.29, 0.717) is 0 Å². The van der Waals surface area contributed by atoms with Crippen LogP contribution >= 0.6 is 0 Å². The molecule has 0 amide bonds. The van der Waals surface area contributed by atoms with E-state index in [9.17, 15) is 0 Å². The van der Waals surface area contributed by atoms with E-state index in [-0.39, 0.29) is 0 Å². The van der Waals surface area contributed by atoms with Crippen LogP contribution in [0.15, 0.2) is 99.2 Å². The number of hydrogen-bond donors (Lipinski definition) is 0. The van der Waals surface area contributed by atoms with Gasteiger partial charge in [-0.1, -0.05) is 72.0 Å². The molecule has 0 bridgehead atoms. The van der Waals surface area contributed by atoms with Crippen molar-refractivity contribution >= 4 is 29.8 Å². The summed E-state index contributed by atoms with van der Waals surface area (Å²) >= 11 is 0. The lowest BCUT2D eigenvalue weighted by molar-refractivity contribution is 0.957. The standard InChI is InChI=1S/C26H34N2Si/c1-7-17-27(18-8-2)23-13-11-15-25(21-23)29(5,6)26-16-12-14-24(22-26)28(19-9-3)20-10-4/h7-16,21-22H,1-4,17-20H2,5-6H3. The zero-order chi connectivity index (χ0) is 21.3. The maximum atomic E-state index is 3.90. The van der Waals surface area contributed by atoms with E-state index in [1.165, 1.54) is 21.7 Å². The Morgan fingerprint density at radius 3 is 1.31 bits per heavy atom. The SMILES string of the molecule is C=CCN(CC=C)c1cccc([Si](C)(C)c2cccc(N(CC=C)CC=C)c2)c1. The Bertz CT molecular complexity index is 764. The Labute approximate surface area is 178 Å². The van der Waals surface area contributed by atoms with Gasteiger partial charge in [0, 0.05) is 37.6 Å². The van der Waals surface area contributed by atoms with Crippen LogP contribution in [0.2, 0.25) is 13.1 Å². The second-order valence-corrected chi connectivity index (χ2v) is 12.1. The van der Waals surface area contributed by atoms with Gasteiger partial charge in [0.15, 0.2) is 0 Å². The third kappa shape index (κ3) is 5.61. The van der Waals surface area contributed by atoms with Crippen LogP contribution in [0, 0.1) is 0 Å². The van der Waals surface area contributed by atoms with Crippen LogP contribution in [-0.2, 0) is 0 Å². The Hall–Kier alpha value is -2.78. The van der Waals surface area contributed by atoms with Gasteiger partial charge in [-0.15, -0.1) is 26.3 Å². The average Bonchev–Trinajstić information content (AvgIpc) is 2.73. The number of nitrogens with zero attached hydrogens (tertiary/aromatic N) is 2. The molecule has 0 unspecified atom stereocenters. The van der Waals surface area contributed by atoms with Crippen molar-refractivity contribution in [3.8, 4) is 0 Å². The highest BCUT2D eigenvalue weighted by Crippen LogP contribution is 2.18. The second-order valence-electron chi connectivity index (χ2n) is 7.69. The van der Waals surface area contributed by atoms with Gasteiger partial charge >= 0.3 is 0 Å². The Morgan fingerprint density at radius 2 is 1.00 bits per heavy atom. The van der Waals surface area contributed by atoms with Gasteiger partial charge in [-0.2, -0.15) is 0 Å². The van der Waals surface area contributed by atoms with Crippen molar-refractivity contribution in [3.63, 3.8) is 0 Å². The molecule has 0 saturated carbocycles.